The Balaban J connectivity index is 1.47. The van der Waals surface area contributed by atoms with Gasteiger partial charge in [-0.15, -0.1) is 0 Å². The SMILES string of the molecule is CCN(Cc1cccc(F)c1)C(=O)[C@H]1CC(=O)N(c2ccc3c(c2)OCCO3)C1. The van der Waals surface area contributed by atoms with Gasteiger partial charge in [0.05, 0.1) is 5.92 Å². The zero-order chi connectivity index (χ0) is 20.4. The smallest absolute Gasteiger partial charge is 0.228 e. The third kappa shape index (κ3) is 4.04. The standard InChI is InChI=1S/C22H23FN2O4/c1-2-24(13-15-4-3-5-17(23)10-15)22(27)16-11-21(26)25(14-16)18-6-7-19-20(12-18)29-9-8-28-19/h3-7,10,12,16H,2,8-9,11,13-14H2,1H3/t16-/m0/s1. The van der Waals surface area contributed by atoms with Gasteiger partial charge in [-0.05, 0) is 36.8 Å². The number of carbonyl (C=O) groups is 2. The van der Waals surface area contributed by atoms with Crippen molar-refractivity contribution >= 4 is 17.5 Å². The van der Waals surface area contributed by atoms with E-state index in [1.165, 1.54) is 12.1 Å². The van der Waals surface area contributed by atoms with Gasteiger partial charge < -0.3 is 19.3 Å². The molecule has 7 heteroatoms. The molecule has 2 aromatic rings. The highest BCUT2D eigenvalue weighted by Gasteiger charge is 2.37. The minimum atomic E-state index is -0.427. The largest absolute Gasteiger partial charge is 0.486 e. The molecule has 0 spiro atoms. The molecule has 2 aliphatic heterocycles. The van der Waals surface area contributed by atoms with Crippen molar-refractivity contribution in [3.63, 3.8) is 0 Å². The molecular weight excluding hydrogens is 375 g/mol. The fraction of sp³-hybridized carbons (Fsp3) is 0.364. The van der Waals surface area contributed by atoms with Crippen LogP contribution in [0.1, 0.15) is 18.9 Å². The highest BCUT2D eigenvalue weighted by Crippen LogP contribution is 2.36. The van der Waals surface area contributed by atoms with Crippen molar-refractivity contribution in [2.75, 3.05) is 31.2 Å². The lowest BCUT2D eigenvalue weighted by Gasteiger charge is -2.25. The van der Waals surface area contributed by atoms with Gasteiger partial charge in [-0.25, -0.2) is 4.39 Å². The van der Waals surface area contributed by atoms with Crippen molar-refractivity contribution in [2.24, 2.45) is 5.92 Å². The zero-order valence-corrected chi connectivity index (χ0v) is 16.3. The molecule has 0 aromatic heterocycles. The van der Waals surface area contributed by atoms with Crippen LogP contribution in [-0.4, -0.2) is 43.0 Å². The second kappa shape index (κ2) is 8.11. The summed E-state index contributed by atoms with van der Waals surface area (Å²) in [6.07, 6.45) is 0.160. The number of nitrogens with zero attached hydrogens (tertiary/aromatic N) is 2. The van der Waals surface area contributed by atoms with Crippen molar-refractivity contribution in [3.8, 4) is 11.5 Å². The summed E-state index contributed by atoms with van der Waals surface area (Å²) in [5.41, 5.74) is 1.43. The maximum Gasteiger partial charge on any atom is 0.228 e. The van der Waals surface area contributed by atoms with Gasteiger partial charge in [-0.2, -0.15) is 0 Å². The Bertz CT molecular complexity index is 933. The Hall–Kier alpha value is -3.09. The summed E-state index contributed by atoms with van der Waals surface area (Å²) < 4.78 is 24.6. The van der Waals surface area contributed by atoms with Crippen LogP contribution < -0.4 is 14.4 Å². The molecule has 0 bridgehead atoms. The monoisotopic (exact) mass is 398 g/mol. The number of benzene rings is 2. The van der Waals surface area contributed by atoms with Gasteiger partial charge >= 0.3 is 0 Å². The average Bonchev–Trinajstić information content (AvgIpc) is 3.13. The van der Waals surface area contributed by atoms with Crippen LogP contribution in [0, 0.1) is 11.7 Å². The molecule has 0 N–H and O–H groups in total. The fourth-order valence-corrected chi connectivity index (χ4v) is 3.78. The highest BCUT2D eigenvalue weighted by molar-refractivity contribution is 6.00. The lowest BCUT2D eigenvalue weighted by molar-refractivity contribution is -0.136. The van der Waals surface area contributed by atoms with E-state index in [2.05, 4.69) is 0 Å². The van der Waals surface area contributed by atoms with Crippen molar-refractivity contribution in [2.45, 2.75) is 19.9 Å². The van der Waals surface area contributed by atoms with E-state index in [0.717, 1.165) is 5.56 Å². The Kier molecular flexibility index (Phi) is 5.38. The third-order valence-electron chi connectivity index (χ3n) is 5.27. The molecule has 4 rings (SSSR count). The average molecular weight is 398 g/mol. The van der Waals surface area contributed by atoms with Crippen LogP contribution in [-0.2, 0) is 16.1 Å². The quantitative estimate of drug-likeness (QED) is 0.777. The summed E-state index contributed by atoms with van der Waals surface area (Å²) in [5, 5.41) is 0. The van der Waals surface area contributed by atoms with E-state index in [9.17, 15) is 14.0 Å². The van der Waals surface area contributed by atoms with Crippen molar-refractivity contribution in [1.82, 2.24) is 4.90 Å². The molecule has 2 heterocycles. The van der Waals surface area contributed by atoms with E-state index in [4.69, 9.17) is 9.47 Å². The molecule has 2 aliphatic rings. The fourth-order valence-electron chi connectivity index (χ4n) is 3.78. The lowest BCUT2D eigenvalue weighted by atomic mass is 10.1. The number of fused-ring (bicyclic) bond motifs is 1. The predicted molar refractivity (Wildman–Crippen MR) is 105 cm³/mol. The van der Waals surface area contributed by atoms with Gasteiger partial charge in [-0.1, -0.05) is 12.1 Å². The first-order chi connectivity index (χ1) is 14.0. The molecule has 2 aromatic carbocycles. The number of anilines is 1. The van der Waals surface area contributed by atoms with Crippen LogP contribution in [0.15, 0.2) is 42.5 Å². The minimum absolute atomic E-state index is 0.0924. The summed E-state index contributed by atoms with van der Waals surface area (Å²) >= 11 is 0. The predicted octanol–water partition coefficient (Wildman–Crippen LogP) is 3.00. The third-order valence-corrected chi connectivity index (χ3v) is 5.27. The number of ether oxygens (including phenoxy) is 2. The number of carbonyl (C=O) groups excluding carboxylic acids is 2. The molecule has 0 saturated carbocycles. The molecule has 152 valence electrons. The number of rotatable bonds is 5. The molecule has 2 amide bonds. The summed E-state index contributed by atoms with van der Waals surface area (Å²) in [7, 11) is 0. The van der Waals surface area contributed by atoms with E-state index in [-0.39, 0.29) is 24.1 Å². The molecule has 0 radical (unpaired) electrons. The van der Waals surface area contributed by atoms with Crippen LogP contribution in [0.3, 0.4) is 0 Å². The van der Waals surface area contributed by atoms with Crippen molar-refractivity contribution < 1.29 is 23.5 Å². The van der Waals surface area contributed by atoms with E-state index >= 15 is 0 Å². The van der Waals surface area contributed by atoms with Gasteiger partial charge in [0.2, 0.25) is 11.8 Å². The number of hydrogen-bond donors (Lipinski definition) is 0. The van der Waals surface area contributed by atoms with Crippen molar-refractivity contribution in [1.29, 1.82) is 0 Å². The molecule has 1 fully saturated rings. The molecule has 1 saturated heterocycles. The zero-order valence-electron chi connectivity index (χ0n) is 16.3. The second-order valence-corrected chi connectivity index (χ2v) is 7.22. The number of amides is 2. The summed E-state index contributed by atoms with van der Waals surface area (Å²) in [6, 6.07) is 11.6. The van der Waals surface area contributed by atoms with Gasteiger partial charge in [0, 0.05) is 37.8 Å². The second-order valence-electron chi connectivity index (χ2n) is 7.22. The van der Waals surface area contributed by atoms with Crippen LogP contribution in [0.5, 0.6) is 11.5 Å². The maximum atomic E-state index is 13.5. The van der Waals surface area contributed by atoms with Crippen LogP contribution in [0.25, 0.3) is 0 Å². The van der Waals surface area contributed by atoms with Gasteiger partial charge in [0.15, 0.2) is 11.5 Å². The molecule has 1 atom stereocenters. The maximum absolute atomic E-state index is 13.5. The summed E-state index contributed by atoms with van der Waals surface area (Å²) in [4.78, 5) is 28.9. The van der Waals surface area contributed by atoms with Crippen molar-refractivity contribution in [3.05, 3.63) is 53.8 Å². The van der Waals surface area contributed by atoms with E-state index in [1.54, 1.807) is 34.1 Å². The highest BCUT2D eigenvalue weighted by atomic mass is 19.1. The van der Waals surface area contributed by atoms with E-state index < -0.39 is 5.92 Å². The van der Waals surface area contributed by atoms with E-state index in [0.29, 0.717) is 50.0 Å². The first kappa shape index (κ1) is 19.2. The van der Waals surface area contributed by atoms with E-state index in [1.807, 2.05) is 13.0 Å². The Morgan fingerprint density at radius 3 is 2.72 bits per heavy atom. The number of hydrogen-bond acceptors (Lipinski definition) is 4. The summed E-state index contributed by atoms with van der Waals surface area (Å²) in [6.45, 7) is 3.98. The molecule has 29 heavy (non-hydrogen) atoms. The topological polar surface area (TPSA) is 59.1 Å². The van der Waals surface area contributed by atoms with Gasteiger partial charge in [0.1, 0.15) is 19.0 Å². The lowest BCUT2D eigenvalue weighted by Crippen LogP contribution is -2.37. The normalized spacial score (nSPS) is 18.1. The van der Waals surface area contributed by atoms with Gasteiger partial charge in [0.25, 0.3) is 0 Å². The Morgan fingerprint density at radius 1 is 1.17 bits per heavy atom. The van der Waals surface area contributed by atoms with Crippen LogP contribution >= 0.6 is 0 Å². The molecule has 0 aliphatic carbocycles. The first-order valence-electron chi connectivity index (χ1n) is 9.78. The number of halogens is 1. The minimum Gasteiger partial charge on any atom is -0.486 e. The van der Waals surface area contributed by atoms with Crippen LogP contribution in [0.2, 0.25) is 0 Å². The van der Waals surface area contributed by atoms with Gasteiger partial charge in [-0.3, -0.25) is 9.59 Å². The van der Waals surface area contributed by atoms with Crippen LogP contribution in [0.4, 0.5) is 10.1 Å². The summed E-state index contributed by atoms with van der Waals surface area (Å²) in [5.74, 6) is 0.326. The first-order valence-corrected chi connectivity index (χ1v) is 9.78. The molecule has 6 nitrogen and oxygen atoms in total. The Labute approximate surface area is 168 Å². The Morgan fingerprint density at radius 2 is 1.97 bits per heavy atom. The molecular formula is C22H23FN2O4. The molecule has 0 unspecified atom stereocenters.